The topological polar surface area (TPSA) is 113 Å². The molecule has 5 atom stereocenters. The number of aliphatic hydroxyl groups is 5. The maximum absolute atomic E-state index is 9.38. The van der Waals surface area contributed by atoms with Gasteiger partial charge in [0, 0.05) is 11.9 Å². The molecule has 0 amide bonds. The Kier molecular flexibility index (Phi) is 7.45. The van der Waals surface area contributed by atoms with E-state index in [0.717, 1.165) is 0 Å². The van der Waals surface area contributed by atoms with Crippen LogP contribution < -0.4 is 5.32 Å². The molecule has 0 radical (unpaired) electrons. The third kappa shape index (κ3) is 5.67. The summed E-state index contributed by atoms with van der Waals surface area (Å²) in [6.45, 7) is 1.09. The van der Waals surface area contributed by atoms with E-state index in [9.17, 15) is 15.3 Å². The fourth-order valence-electron chi connectivity index (χ4n) is 0.975. The van der Waals surface area contributed by atoms with Crippen molar-refractivity contribution in [3.8, 4) is 0 Å². The Balaban J connectivity index is 4.01. The molecule has 0 spiro atoms. The van der Waals surface area contributed by atoms with Crippen LogP contribution in [-0.2, 0) is 0 Å². The first-order chi connectivity index (χ1) is 6.90. The predicted octanol–water partition coefficient (Wildman–Crippen LogP) is -2.71. The van der Waals surface area contributed by atoms with Crippen molar-refractivity contribution in [1.82, 2.24) is 5.32 Å². The van der Waals surface area contributed by atoms with Crippen molar-refractivity contribution < 1.29 is 25.5 Å². The van der Waals surface area contributed by atoms with Crippen LogP contribution in [-0.4, -0.2) is 68.5 Å². The molecule has 0 heterocycles. The van der Waals surface area contributed by atoms with E-state index in [4.69, 9.17) is 10.2 Å². The maximum Gasteiger partial charge on any atom is 0.111 e. The molecule has 7 heteroatoms. The van der Waals surface area contributed by atoms with E-state index in [1.165, 1.54) is 0 Å². The Morgan fingerprint density at radius 1 is 1.07 bits per heavy atom. The second-order valence-corrected chi connectivity index (χ2v) is 4.16. The number of rotatable bonds is 7. The van der Waals surface area contributed by atoms with Crippen LogP contribution in [0.1, 0.15) is 6.92 Å². The van der Waals surface area contributed by atoms with Crippen LogP contribution in [0.3, 0.4) is 0 Å². The number of thiol groups is 1. The number of hydrogen-bond acceptors (Lipinski definition) is 7. The van der Waals surface area contributed by atoms with Gasteiger partial charge in [-0.05, 0) is 6.92 Å². The third-order valence-corrected chi connectivity index (χ3v) is 2.13. The molecule has 0 rings (SSSR count). The summed E-state index contributed by atoms with van der Waals surface area (Å²) in [4.78, 5) is 0. The van der Waals surface area contributed by atoms with Crippen LogP contribution in [0, 0.1) is 0 Å². The summed E-state index contributed by atoms with van der Waals surface area (Å²) >= 11 is 4.00. The summed E-state index contributed by atoms with van der Waals surface area (Å²) in [5.74, 6) is 0. The average molecular weight is 241 g/mol. The van der Waals surface area contributed by atoms with Crippen molar-refractivity contribution in [3.05, 3.63) is 0 Å². The van der Waals surface area contributed by atoms with Gasteiger partial charge in [0.15, 0.2) is 0 Å². The van der Waals surface area contributed by atoms with Crippen LogP contribution in [0.25, 0.3) is 0 Å². The second kappa shape index (κ2) is 7.39. The fourth-order valence-corrected chi connectivity index (χ4v) is 1.08. The molecule has 0 saturated carbocycles. The molecule has 15 heavy (non-hydrogen) atoms. The maximum atomic E-state index is 9.38. The number of nitrogens with one attached hydrogen (secondary N) is 1. The SMILES string of the molecule is CC(S)NC[C@H](O)[C@@H](O)[C@H](O)[C@H](O)CO. The van der Waals surface area contributed by atoms with Gasteiger partial charge in [0.1, 0.15) is 18.3 Å². The van der Waals surface area contributed by atoms with Crippen molar-refractivity contribution in [2.75, 3.05) is 13.2 Å². The van der Waals surface area contributed by atoms with Gasteiger partial charge in [-0.25, -0.2) is 0 Å². The highest BCUT2D eigenvalue weighted by atomic mass is 32.1. The molecule has 1 unspecified atom stereocenters. The smallest absolute Gasteiger partial charge is 0.111 e. The first-order valence-corrected chi connectivity index (χ1v) is 5.16. The molecule has 0 aromatic rings. The summed E-state index contributed by atoms with van der Waals surface area (Å²) < 4.78 is 0. The summed E-state index contributed by atoms with van der Waals surface area (Å²) in [5, 5.41) is 48.1. The van der Waals surface area contributed by atoms with Gasteiger partial charge in [-0.15, -0.1) is 0 Å². The van der Waals surface area contributed by atoms with Crippen molar-refractivity contribution in [1.29, 1.82) is 0 Å². The van der Waals surface area contributed by atoms with Gasteiger partial charge in [0.25, 0.3) is 0 Å². The van der Waals surface area contributed by atoms with Gasteiger partial charge in [0.05, 0.1) is 12.7 Å². The predicted molar refractivity (Wildman–Crippen MR) is 57.6 cm³/mol. The normalized spacial score (nSPS) is 21.8. The minimum atomic E-state index is -1.58. The molecule has 6 N–H and O–H groups in total. The monoisotopic (exact) mass is 241 g/mol. The molecule has 0 aromatic heterocycles. The Hall–Kier alpha value is 0.110. The first kappa shape index (κ1) is 15.1. The zero-order valence-corrected chi connectivity index (χ0v) is 9.38. The minimum absolute atomic E-state index is 0.0288. The second-order valence-electron chi connectivity index (χ2n) is 3.38. The lowest BCUT2D eigenvalue weighted by atomic mass is 10.0. The van der Waals surface area contributed by atoms with Crippen LogP contribution in [0.4, 0.5) is 0 Å². The van der Waals surface area contributed by atoms with Gasteiger partial charge in [-0.2, -0.15) is 12.6 Å². The molecule has 0 aliphatic carbocycles. The first-order valence-electron chi connectivity index (χ1n) is 4.64. The quantitative estimate of drug-likeness (QED) is 0.193. The molecule has 0 aromatic carbocycles. The number of hydrogen-bond donors (Lipinski definition) is 7. The van der Waals surface area contributed by atoms with E-state index in [1.54, 1.807) is 6.92 Å². The highest BCUT2D eigenvalue weighted by Crippen LogP contribution is 2.04. The standard InChI is InChI=1S/C8H19NO5S/c1-4(15)9-2-5(11)7(13)8(14)6(12)3-10/h4-15H,2-3H2,1H3/t4?,5-,6+,7+,8+/m0/s1. The van der Waals surface area contributed by atoms with E-state index in [1.807, 2.05) is 0 Å². The summed E-state index contributed by atoms with van der Waals surface area (Å²) in [6.07, 6.45) is -5.81. The zero-order valence-electron chi connectivity index (χ0n) is 8.48. The Morgan fingerprint density at radius 2 is 1.53 bits per heavy atom. The Labute approximate surface area is 94.0 Å². The van der Waals surface area contributed by atoms with Gasteiger partial charge in [0.2, 0.25) is 0 Å². The molecule has 0 fully saturated rings. The molecule has 6 nitrogen and oxygen atoms in total. The van der Waals surface area contributed by atoms with E-state index >= 15 is 0 Å². The van der Waals surface area contributed by atoms with Gasteiger partial charge in [-0.3, -0.25) is 0 Å². The summed E-state index contributed by atoms with van der Waals surface area (Å²) in [5.41, 5.74) is 0. The highest BCUT2D eigenvalue weighted by Gasteiger charge is 2.29. The van der Waals surface area contributed by atoms with Gasteiger partial charge < -0.3 is 30.8 Å². The van der Waals surface area contributed by atoms with Crippen LogP contribution in [0.2, 0.25) is 0 Å². The molecular formula is C8H19NO5S. The van der Waals surface area contributed by atoms with Gasteiger partial charge in [-0.1, -0.05) is 0 Å². The third-order valence-electron chi connectivity index (χ3n) is 1.95. The lowest BCUT2D eigenvalue weighted by Crippen LogP contribution is -2.49. The highest BCUT2D eigenvalue weighted by molar-refractivity contribution is 7.80. The van der Waals surface area contributed by atoms with Crippen LogP contribution in [0.15, 0.2) is 0 Å². The minimum Gasteiger partial charge on any atom is -0.394 e. The van der Waals surface area contributed by atoms with Crippen LogP contribution in [0.5, 0.6) is 0 Å². The lowest BCUT2D eigenvalue weighted by Gasteiger charge is -2.26. The van der Waals surface area contributed by atoms with Gasteiger partial charge >= 0.3 is 0 Å². The van der Waals surface area contributed by atoms with Crippen LogP contribution >= 0.6 is 12.6 Å². The molecule has 0 aliphatic rings. The van der Waals surface area contributed by atoms with E-state index in [2.05, 4.69) is 17.9 Å². The van der Waals surface area contributed by atoms with Crippen molar-refractivity contribution in [3.63, 3.8) is 0 Å². The summed E-state index contributed by atoms with van der Waals surface area (Å²) in [7, 11) is 0. The average Bonchev–Trinajstić information content (AvgIpc) is 2.22. The van der Waals surface area contributed by atoms with E-state index in [0.29, 0.717) is 0 Å². The molecular weight excluding hydrogens is 222 g/mol. The molecule has 0 saturated heterocycles. The van der Waals surface area contributed by atoms with E-state index in [-0.39, 0.29) is 11.9 Å². The largest absolute Gasteiger partial charge is 0.394 e. The fraction of sp³-hybridized carbons (Fsp3) is 1.00. The Bertz CT molecular complexity index is 171. The van der Waals surface area contributed by atoms with Crippen molar-refractivity contribution in [2.45, 2.75) is 36.7 Å². The van der Waals surface area contributed by atoms with Crippen molar-refractivity contribution >= 4 is 12.6 Å². The molecule has 0 aliphatic heterocycles. The zero-order chi connectivity index (χ0) is 12.0. The number of aliphatic hydroxyl groups excluding tert-OH is 5. The van der Waals surface area contributed by atoms with E-state index < -0.39 is 31.0 Å². The molecule has 0 bridgehead atoms. The Morgan fingerprint density at radius 3 is 1.93 bits per heavy atom. The lowest BCUT2D eigenvalue weighted by molar-refractivity contribution is -0.114. The summed E-state index contributed by atoms with van der Waals surface area (Å²) in [6, 6.07) is 0. The molecule has 92 valence electrons. The van der Waals surface area contributed by atoms with Crippen molar-refractivity contribution in [2.24, 2.45) is 0 Å².